The van der Waals surface area contributed by atoms with Gasteiger partial charge in [0, 0.05) is 35.2 Å². The number of benzene rings is 2. The molecule has 3 aromatic rings. The second kappa shape index (κ2) is 6.66. The Morgan fingerprint density at radius 1 is 1.07 bits per heavy atom. The summed E-state index contributed by atoms with van der Waals surface area (Å²) in [6.45, 7) is 1.48. The normalized spacial score (nSPS) is 20.9. The van der Waals surface area contributed by atoms with Gasteiger partial charge in [0.15, 0.2) is 0 Å². The summed E-state index contributed by atoms with van der Waals surface area (Å²) in [5, 5.41) is 5.29. The van der Waals surface area contributed by atoms with E-state index < -0.39 is 0 Å². The van der Waals surface area contributed by atoms with Gasteiger partial charge in [0.1, 0.15) is 23.5 Å². The molecule has 0 radical (unpaired) electrons. The van der Waals surface area contributed by atoms with E-state index in [0.717, 1.165) is 60.5 Å². The Morgan fingerprint density at radius 3 is 2.81 bits per heavy atom. The first-order valence-corrected chi connectivity index (χ1v) is 9.63. The summed E-state index contributed by atoms with van der Waals surface area (Å²) in [5.41, 5.74) is 1.81. The van der Waals surface area contributed by atoms with Gasteiger partial charge in [-0.1, -0.05) is 29.8 Å². The summed E-state index contributed by atoms with van der Waals surface area (Å²) < 4.78 is 12.0. The maximum atomic E-state index is 6.46. The van der Waals surface area contributed by atoms with Crippen molar-refractivity contribution in [2.45, 2.75) is 30.9 Å². The summed E-state index contributed by atoms with van der Waals surface area (Å²) in [4.78, 5) is 8.85. The predicted octanol–water partition coefficient (Wildman–Crippen LogP) is 4.77. The highest BCUT2D eigenvalue weighted by molar-refractivity contribution is 6.31. The van der Waals surface area contributed by atoms with Gasteiger partial charge in [-0.15, -0.1) is 0 Å². The Labute approximate surface area is 162 Å². The number of fused-ring (bicyclic) bond motifs is 2. The molecule has 27 heavy (non-hydrogen) atoms. The molecule has 138 valence electrons. The summed E-state index contributed by atoms with van der Waals surface area (Å²) in [7, 11) is 0. The van der Waals surface area contributed by atoms with E-state index in [9.17, 15) is 0 Å². The van der Waals surface area contributed by atoms with E-state index in [2.05, 4.69) is 33.5 Å². The van der Waals surface area contributed by atoms with Crippen molar-refractivity contribution in [3.63, 3.8) is 0 Å². The van der Waals surface area contributed by atoms with Crippen LogP contribution in [0.15, 0.2) is 48.8 Å². The molecule has 5 nitrogen and oxygen atoms in total. The SMILES string of the molecule is Clc1ccc2c(NC3CC4(CCOCC4)Oc4ccccc43)ncnc2c1. The molecular formula is C21H20ClN3O2. The molecule has 1 atom stereocenters. The lowest BCUT2D eigenvalue weighted by Gasteiger charge is -2.44. The van der Waals surface area contributed by atoms with Gasteiger partial charge in [-0.25, -0.2) is 9.97 Å². The van der Waals surface area contributed by atoms with Crippen LogP contribution in [0.2, 0.25) is 5.02 Å². The Morgan fingerprint density at radius 2 is 1.93 bits per heavy atom. The molecule has 1 aromatic heterocycles. The van der Waals surface area contributed by atoms with Crippen LogP contribution in [0, 0.1) is 0 Å². The van der Waals surface area contributed by atoms with Gasteiger partial charge in [-0.3, -0.25) is 0 Å². The Hall–Kier alpha value is -2.37. The molecule has 1 unspecified atom stereocenters. The van der Waals surface area contributed by atoms with Gasteiger partial charge >= 0.3 is 0 Å². The number of hydrogen-bond donors (Lipinski definition) is 1. The van der Waals surface area contributed by atoms with Gasteiger partial charge in [0.05, 0.1) is 24.8 Å². The molecule has 2 aliphatic rings. The molecule has 2 aromatic carbocycles. The van der Waals surface area contributed by atoms with Gasteiger partial charge in [-0.05, 0) is 24.3 Å². The number of halogens is 1. The van der Waals surface area contributed by atoms with Crippen molar-refractivity contribution in [1.29, 1.82) is 0 Å². The molecule has 0 bridgehead atoms. The fourth-order valence-corrected chi connectivity index (χ4v) is 4.27. The number of para-hydroxylation sites is 1. The highest BCUT2D eigenvalue weighted by atomic mass is 35.5. The lowest BCUT2D eigenvalue weighted by Crippen LogP contribution is -2.46. The second-order valence-electron chi connectivity index (χ2n) is 7.22. The molecule has 3 heterocycles. The minimum atomic E-state index is -0.184. The maximum absolute atomic E-state index is 6.46. The standard InChI is InChI=1S/C21H20ClN3O2/c22-14-5-6-16-17(11-14)23-13-24-20(16)25-18-12-21(7-9-26-10-8-21)27-19-4-2-1-3-15(18)19/h1-6,11,13,18H,7-10,12H2,(H,23,24,25). The maximum Gasteiger partial charge on any atom is 0.137 e. The first kappa shape index (κ1) is 16.8. The number of nitrogens with one attached hydrogen (secondary N) is 1. The van der Waals surface area contributed by atoms with Gasteiger partial charge < -0.3 is 14.8 Å². The smallest absolute Gasteiger partial charge is 0.137 e. The molecule has 1 spiro atoms. The highest BCUT2D eigenvalue weighted by Crippen LogP contribution is 2.45. The summed E-state index contributed by atoms with van der Waals surface area (Å²) in [6, 6.07) is 14.1. The van der Waals surface area contributed by atoms with Crippen LogP contribution in [0.1, 0.15) is 30.9 Å². The number of hydrogen-bond acceptors (Lipinski definition) is 5. The monoisotopic (exact) mass is 381 g/mol. The minimum Gasteiger partial charge on any atom is -0.487 e. The quantitative estimate of drug-likeness (QED) is 0.693. The number of ether oxygens (including phenoxy) is 2. The number of anilines is 1. The van der Waals surface area contributed by atoms with E-state index in [1.165, 1.54) is 0 Å². The van der Waals surface area contributed by atoms with E-state index in [-0.39, 0.29) is 11.6 Å². The Balaban J connectivity index is 1.54. The molecule has 1 saturated heterocycles. The van der Waals surface area contributed by atoms with Crippen molar-refractivity contribution < 1.29 is 9.47 Å². The molecule has 6 heteroatoms. The fraction of sp³-hybridized carbons (Fsp3) is 0.333. The second-order valence-corrected chi connectivity index (χ2v) is 7.66. The molecule has 0 aliphatic carbocycles. The zero-order valence-corrected chi connectivity index (χ0v) is 15.6. The van der Waals surface area contributed by atoms with Crippen LogP contribution < -0.4 is 10.1 Å². The lowest BCUT2D eigenvalue weighted by atomic mass is 9.82. The zero-order valence-electron chi connectivity index (χ0n) is 14.8. The molecular weight excluding hydrogens is 362 g/mol. The van der Waals surface area contributed by atoms with Gasteiger partial charge in [0.25, 0.3) is 0 Å². The Kier molecular flexibility index (Phi) is 4.14. The van der Waals surface area contributed by atoms with Crippen molar-refractivity contribution in [1.82, 2.24) is 9.97 Å². The third kappa shape index (κ3) is 3.11. The van der Waals surface area contributed by atoms with Gasteiger partial charge in [-0.2, -0.15) is 0 Å². The molecule has 2 aliphatic heterocycles. The van der Waals surface area contributed by atoms with Crippen LogP contribution in [0.3, 0.4) is 0 Å². The lowest BCUT2D eigenvalue weighted by molar-refractivity contribution is -0.0608. The van der Waals surface area contributed by atoms with Crippen LogP contribution in [0.5, 0.6) is 5.75 Å². The van der Waals surface area contributed by atoms with Crippen molar-refractivity contribution in [2.75, 3.05) is 18.5 Å². The first-order chi connectivity index (χ1) is 13.2. The van der Waals surface area contributed by atoms with E-state index in [4.69, 9.17) is 21.1 Å². The van der Waals surface area contributed by atoms with E-state index in [1.54, 1.807) is 6.33 Å². The van der Waals surface area contributed by atoms with Gasteiger partial charge in [0.2, 0.25) is 0 Å². The van der Waals surface area contributed by atoms with Crippen molar-refractivity contribution >= 4 is 28.3 Å². The largest absolute Gasteiger partial charge is 0.487 e. The third-order valence-corrected chi connectivity index (χ3v) is 5.75. The highest BCUT2D eigenvalue weighted by Gasteiger charge is 2.42. The van der Waals surface area contributed by atoms with E-state index >= 15 is 0 Å². The summed E-state index contributed by atoms with van der Waals surface area (Å²) in [5.74, 6) is 1.77. The summed E-state index contributed by atoms with van der Waals surface area (Å²) >= 11 is 6.12. The first-order valence-electron chi connectivity index (χ1n) is 9.25. The fourth-order valence-electron chi connectivity index (χ4n) is 4.11. The summed E-state index contributed by atoms with van der Waals surface area (Å²) in [6.07, 6.45) is 4.27. The molecule has 0 saturated carbocycles. The topological polar surface area (TPSA) is 56.3 Å². The van der Waals surface area contributed by atoms with Crippen LogP contribution in [-0.2, 0) is 4.74 Å². The number of rotatable bonds is 2. The van der Waals surface area contributed by atoms with Crippen LogP contribution in [0.4, 0.5) is 5.82 Å². The molecule has 0 amide bonds. The number of nitrogens with zero attached hydrogens (tertiary/aromatic N) is 2. The zero-order chi connectivity index (χ0) is 18.3. The van der Waals surface area contributed by atoms with Crippen LogP contribution in [-0.4, -0.2) is 28.8 Å². The van der Waals surface area contributed by atoms with E-state index in [1.807, 2.05) is 24.3 Å². The van der Waals surface area contributed by atoms with Crippen molar-refractivity contribution in [2.24, 2.45) is 0 Å². The van der Waals surface area contributed by atoms with Crippen LogP contribution in [0.25, 0.3) is 10.9 Å². The average Bonchev–Trinajstić information content (AvgIpc) is 2.68. The molecule has 1 fully saturated rings. The predicted molar refractivity (Wildman–Crippen MR) is 105 cm³/mol. The number of aromatic nitrogens is 2. The third-order valence-electron chi connectivity index (χ3n) is 5.51. The van der Waals surface area contributed by atoms with Crippen molar-refractivity contribution in [3.05, 3.63) is 59.4 Å². The Bertz CT molecular complexity index is 988. The van der Waals surface area contributed by atoms with Crippen molar-refractivity contribution in [3.8, 4) is 5.75 Å². The average molecular weight is 382 g/mol. The van der Waals surface area contributed by atoms with E-state index in [0.29, 0.717) is 5.02 Å². The molecule has 5 rings (SSSR count). The minimum absolute atomic E-state index is 0.113. The molecule has 1 N–H and O–H groups in total. The van der Waals surface area contributed by atoms with Crippen LogP contribution >= 0.6 is 11.6 Å².